The molecule has 28 heavy (non-hydrogen) atoms. The summed E-state index contributed by atoms with van der Waals surface area (Å²) in [5.41, 5.74) is 4.37. The number of carbonyl (C=O) groups is 1. The van der Waals surface area contributed by atoms with E-state index < -0.39 is 0 Å². The van der Waals surface area contributed by atoms with Gasteiger partial charge < -0.3 is 15.1 Å². The van der Waals surface area contributed by atoms with Gasteiger partial charge in [0.25, 0.3) is 0 Å². The highest BCUT2D eigenvalue weighted by molar-refractivity contribution is 8.00. The maximum atomic E-state index is 13.5. The molecular formula is C19H24ClN5O2S. The van der Waals surface area contributed by atoms with Crippen LogP contribution in [-0.2, 0) is 4.79 Å². The number of rotatable bonds is 3. The van der Waals surface area contributed by atoms with Crippen LogP contribution in [0.3, 0.4) is 0 Å². The number of halogens is 1. The second-order valence-electron chi connectivity index (χ2n) is 7.14. The van der Waals surface area contributed by atoms with E-state index in [-0.39, 0.29) is 17.2 Å². The van der Waals surface area contributed by atoms with E-state index in [0.29, 0.717) is 15.9 Å². The van der Waals surface area contributed by atoms with Crippen molar-refractivity contribution >= 4 is 29.3 Å². The normalized spacial score (nSPS) is 22.2. The molecule has 150 valence electrons. The maximum Gasteiger partial charge on any atom is 0.238 e. The highest BCUT2D eigenvalue weighted by Gasteiger charge is 2.39. The Morgan fingerprint density at radius 1 is 1.25 bits per heavy atom. The Hall–Kier alpha value is -1.93. The fourth-order valence-corrected chi connectivity index (χ4v) is 5.22. The van der Waals surface area contributed by atoms with Crippen LogP contribution in [0, 0.1) is 6.92 Å². The number of fused-ring (bicyclic) bond motifs is 1. The lowest BCUT2D eigenvalue weighted by Gasteiger charge is -2.35. The van der Waals surface area contributed by atoms with E-state index in [1.807, 2.05) is 34.7 Å². The summed E-state index contributed by atoms with van der Waals surface area (Å²) in [4.78, 5) is 15.5. The highest BCUT2D eigenvalue weighted by atomic mass is 35.5. The van der Waals surface area contributed by atoms with Crippen molar-refractivity contribution in [3.63, 3.8) is 0 Å². The van der Waals surface area contributed by atoms with Gasteiger partial charge in [-0.2, -0.15) is 0 Å². The number of thioether (sulfide) groups is 1. The van der Waals surface area contributed by atoms with Gasteiger partial charge in [0.05, 0.1) is 18.2 Å². The van der Waals surface area contributed by atoms with Gasteiger partial charge in [-0.3, -0.25) is 4.79 Å². The van der Waals surface area contributed by atoms with Gasteiger partial charge in [0.15, 0.2) is 0 Å². The molecule has 0 bridgehead atoms. The number of benzene rings is 1. The average molecular weight is 422 g/mol. The van der Waals surface area contributed by atoms with Crippen LogP contribution in [-0.4, -0.2) is 51.1 Å². The molecule has 2 aliphatic rings. The minimum atomic E-state index is -0.335. The first-order chi connectivity index (χ1) is 13.6. The zero-order chi connectivity index (χ0) is 19.7. The number of nitrogens with zero attached hydrogens (tertiary/aromatic N) is 4. The predicted molar refractivity (Wildman–Crippen MR) is 110 cm³/mol. The zero-order valence-corrected chi connectivity index (χ0v) is 17.6. The predicted octanol–water partition coefficient (Wildman–Crippen LogP) is 3.41. The Morgan fingerprint density at radius 2 is 2.00 bits per heavy atom. The monoisotopic (exact) mass is 421 g/mol. The quantitative estimate of drug-likeness (QED) is 0.818. The lowest BCUT2D eigenvalue weighted by Crippen LogP contribution is -2.46. The zero-order valence-electron chi connectivity index (χ0n) is 16.0. The molecule has 0 unspecified atom stereocenters. The summed E-state index contributed by atoms with van der Waals surface area (Å²) in [6.07, 6.45) is 4.49. The van der Waals surface area contributed by atoms with Crippen molar-refractivity contribution < 1.29 is 9.53 Å². The van der Waals surface area contributed by atoms with Gasteiger partial charge >= 0.3 is 0 Å². The third-order valence-electron chi connectivity index (χ3n) is 5.29. The summed E-state index contributed by atoms with van der Waals surface area (Å²) < 4.78 is 7.12. The van der Waals surface area contributed by atoms with Crippen molar-refractivity contribution in [2.24, 2.45) is 0 Å². The standard InChI is InChI=1S/C19H24ClN5O2S/c1-12-21-22-19-25(12)23-16(13-7-8-15(27-2)14(20)11-13)17(28-19)18(26)24-9-5-3-4-6-10-24/h7-8,11,16-17,23H,3-6,9-10H2,1-2H3/t16-,17-/m0/s1. The molecule has 7 nitrogen and oxygen atoms in total. The molecule has 1 aromatic heterocycles. The summed E-state index contributed by atoms with van der Waals surface area (Å²) >= 11 is 7.84. The van der Waals surface area contributed by atoms with E-state index in [0.717, 1.165) is 37.3 Å². The fourth-order valence-electron chi connectivity index (χ4n) is 3.75. The summed E-state index contributed by atoms with van der Waals surface area (Å²) in [5, 5.41) is 9.28. The molecule has 3 heterocycles. The number of ether oxygens (including phenoxy) is 1. The number of hydrogen-bond donors (Lipinski definition) is 1. The smallest absolute Gasteiger partial charge is 0.238 e. The fraction of sp³-hybridized carbons (Fsp3) is 0.526. The van der Waals surface area contributed by atoms with Crippen molar-refractivity contribution in [3.8, 4) is 5.75 Å². The molecule has 4 rings (SSSR count). The third-order valence-corrected chi connectivity index (χ3v) is 6.79. The van der Waals surface area contributed by atoms with Crippen LogP contribution in [0.5, 0.6) is 5.75 Å². The Balaban J connectivity index is 1.68. The molecular weight excluding hydrogens is 398 g/mol. The number of carbonyl (C=O) groups excluding carboxylic acids is 1. The van der Waals surface area contributed by atoms with Crippen LogP contribution in [0.2, 0.25) is 5.02 Å². The second-order valence-corrected chi connectivity index (χ2v) is 8.66. The number of amides is 1. The molecule has 2 aromatic rings. The molecule has 0 spiro atoms. The lowest BCUT2D eigenvalue weighted by atomic mass is 10.0. The topological polar surface area (TPSA) is 72.3 Å². The Morgan fingerprint density at radius 3 is 2.68 bits per heavy atom. The molecule has 1 amide bonds. The number of hydrogen-bond acceptors (Lipinski definition) is 6. The number of aryl methyl sites for hydroxylation is 1. The molecule has 1 saturated heterocycles. The van der Waals surface area contributed by atoms with Crippen molar-refractivity contribution in [2.75, 3.05) is 25.6 Å². The summed E-state index contributed by atoms with van der Waals surface area (Å²) in [6.45, 7) is 3.52. The van der Waals surface area contributed by atoms with Gasteiger partial charge in [0, 0.05) is 13.1 Å². The second kappa shape index (κ2) is 8.21. The molecule has 2 atom stereocenters. The van der Waals surface area contributed by atoms with Crippen molar-refractivity contribution in [1.29, 1.82) is 0 Å². The first kappa shape index (κ1) is 19.4. The van der Waals surface area contributed by atoms with Crippen molar-refractivity contribution in [3.05, 3.63) is 34.6 Å². The molecule has 0 saturated carbocycles. The largest absolute Gasteiger partial charge is 0.495 e. The van der Waals surface area contributed by atoms with Gasteiger partial charge in [0.2, 0.25) is 11.1 Å². The SMILES string of the molecule is COc1ccc([C@@H]2Nn3c(C)nnc3S[C@@H]2C(=O)N2CCCCCC2)cc1Cl. The molecule has 0 radical (unpaired) electrons. The maximum absolute atomic E-state index is 13.5. The Kier molecular flexibility index (Phi) is 5.68. The van der Waals surface area contributed by atoms with E-state index in [9.17, 15) is 4.79 Å². The molecule has 2 aliphatic heterocycles. The lowest BCUT2D eigenvalue weighted by molar-refractivity contribution is -0.131. The van der Waals surface area contributed by atoms with E-state index in [1.165, 1.54) is 24.6 Å². The molecule has 1 aromatic carbocycles. The highest BCUT2D eigenvalue weighted by Crippen LogP contribution is 2.39. The number of methoxy groups -OCH3 is 1. The summed E-state index contributed by atoms with van der Waals surface area (Å²) in [6, 6.07) is 5.42. The first-order valence-electron chi connectivity index (χ1n) is 9.56. The number of aromatic nitrogens is 3. The summed E-state index contributed by atoms with van der Waals surface area (Å²) in [7, 11) is 1.59. The van der Waals surface area contributed by atoms with Crippen molar-refractivity contribution in [2.45, 2.75) is 49.1 Å². The molecule has 9 heteroatoms. The van der Waals surface area contributed by atoms with Crippen LogP contribution < -0.4 is 10.2 Å². The van der Waals surface area contributed by atoms with Crippen molar-refractivity contribution in [1.82, 2.24) is 19.8 Å². The Labute approximate surface area is 173 Å². The van der Waals surface area contributed by atoms with Gasteiger partial charge in [-0.15, -0.1) is 10.2 Å². The minimum absolute atomic E-state index is 0.142. The first-order valence-corrected chi connectivity index (χ1v) is 10.8. The number of nitrogens with one attached hydrogen (secondary N) is 1. The van der Waals surface area contributed by atoms with Crippen LogP contribution >= 0.6 is 23.4 Å². The van der Waals surface area contributed by atoms with Crippen LogP contribution in [0.15, 0.2) is 23.4 Å². The Bertz CT molecular complexity index is 866. The van der Waals surface area contributed by atoms with Gasteiger partial charge in [-0.05, 0) is 37.5 Å². The van der Waals surface area contributed by atoms with Gasteiger partial charge in [-0.1, -0.05) is 42.3 Å². The average Bonchev–Trinajstić information content (AvgIpc) is 2.90. The van der Waals surface area contributed by atoms with Crippen LogP contribution in [0.4, 0.5) is 0 Å². The molecule has 0 aliphatic carbocycles. The van der Waals surface area contributed by atoms with Crippen LogP contribution in [0.1, 0.15) is 43.1 Å². The van der Waals surface area contributed by atoms with Gasteiger partial charge in [-0.25, -0.2) is 4.68 Å². The van der Waals surface area contributed by atoms with E-state index in [4.69, 9.17) is 16.3 Å². The number of likely N-dealkylation sites (tertiary alicyclic amines) is 1. The molecule has 1 fully saturated rings. The third kappa shape index (κ3) is 3.67. The van der Waals surface area contributed by atoms with E-state index in [1.54, 1.807) is 7.11 Å². The van der Waals surface area contributed by atoms with Crippen LogP contribution in [0.25, 0.3) is 0 Å². The van der Waals surface area contributed by atoms with Gasteiger partial charge in [0.1, 0.15) is 16.8 Å². The minimum Gasteiger partial charge on any atom is -0.495 e. The summed E-state index contributed by atoms with van der Waals surface area (Å²) in [5.74, 6) is 1.52. The van der Waals surface area contributed by atoms with E-state index in [2.05, 4.69) is 15.6 Å². The molecule has 1 N–H and O–H groups in total. The van der Waals surface area contributed by atoms with E-state index >= 15 is 0 Å².